The Bertz CT molecular complexity index is 87.3. The van der Waals surface area contributed by atoms with E-state index in [2.05, 4.69) is 46.0 Å². The maximum atomic E-state index is 4.56. The summed E-state index contributed by atoms with van der Waals surface area (Å²) >= 11 is 8.89. The molecule has 0 rings (SSSR count). The zero-order valence-corrected chi connectivity index (χ0v) is 8.88. The van der Waals surface area contributed by atoms with Crippen LogP contribution in [0.5, 0.6) is 0 Å². The summed E-state index contributed by atoms with van der Waals surface area (Å²) in [6.45, 7) is 6.50. The third kappa shape index (κ3) is 5.48. The fourth-order valence-electron chi connectivity index (χ4n) is 1.28. The van der Waals surface area contributed by atoms with Crippen molar-refractivity contribution >= 4 is 25.3 Å². The molecular weight excluding hydrogens is 160 g/mol. The van der Waals surface area contributed by atoms with Gasteiger partial charge < -0.3 is 0 Å². The molecule has 0 aliphatic rings. The van der Waals surface area contributed by atoms with Gasteiger partial charge in [0, 0.05) is 10.00 Å². The fourth-order valence-corrected chi connectivity index (χ4v) is 2.32. The summed E-state index contributed by atoms with van der Waals surface area (Å²) in [6.07, 6.45) is 3.48. The molecule has 0 aromatic carbocycles. The van der Waals surface area contributed by atoms with Gasteiger partial charge >= 0.3 is 0 Å². The molecular formula is C8H18S2. The second-order valence-corrected chi connectivity index (χ2v) is 5.26. The lowest BCUT2D eigenvalue weighted by Crippen LogP contribution is -2.19. The van der Waals surface area contributed by atoms with Crippen molar-refractivity contribution in [3.63, 3.8) is 0 Å². The minimum atomic E-state index is 0.190. The minimum absolute atomic E-state index is 0.190. The summed E-state index contributed by atoms with van der Waals surface area (Å²) in [7, 11) is 0. The predicted molar refractivity (Wildman–Crippen MR) is 55.4 cm³/mol. The van der Waals surface area contributed by atoms with Gasteiger partial charge in [0.15, 0.2) is 0 Å². The first-order valence-corrected chi connectivity index (χ1v) is 4.85. The first-order valence-electron chi connectivity index (χ1n) is 3.88. The van der Waals surface area contributed by atoms with E-state index >= 15 is 0 Å². The van der Waals surface area contributed by atoms with Crippen molar-refractivity contribution in [3.8, 4) is 0 Å². The van der Waals surface area contributed by atoms with Crippen LogP contribution in [0.15, 0.2) is 0 Å². The molecule has 0 aromatic heterocycles. The molecule has 0 aliphatic carbocycles. The SMILES string of the molecule is CCCC(C)(S)CC(C)S. The molecule has 0 bridgehead atoms. The van der Waals surface area contributed by atoms with Gasteiger partial charge in [-0.2, -0.15) is 25.3 Å². The lowest BCUT2D eigenvalue weighted by Gasteiger charge is -2.24. The summed E-state index contributed by atoms with van der Waals surface area (Å²) in [5.74, 6) is 0. The standard InChI is InChI=1S/C8H18S2/c1-4-5-8(3,10)6-7(2)9/h7,9-10H,4-6H2,1-3H3. The summed E-state index contributed by atoms with van der Waals surface area (Å²) in [4.78, 5) is 0. The summed E-state index contributed by atoms with van der Waals surface area (Å²) < 4.78 is 0.190. The Hall–Kier alpha value is 0.700. The molecule has 62 valence electrons. The van der Waals surface area contributed by atoms with E-state index in [1.165, 1.54) is 12.8 Å². The molecule has 0 saturated heterocycles. The van der Waals surface area contributed by atoms with E-state index in [1.807, 2.05) is 0 Å². The van der Waals surface area contributed by atoms with E-state index in [-0.39, 0.29) is 4.75 Å². The summed E-state index contributed by atoms with van der Waals surface area (Å²) in [5.41, 5.74) is 0. The predicted octanol–water partition coefficient (Wildman–Crippen LogP) is 3.18. The Labute approximate surface area is 75.6 Å². The van der Waals surface area contributed by atoms with Gasteiger partial charge in [0.2, 0.25) is 0 Å². The summed E-state index contributed by atoms with van der Waals surface area (Å²) in [5, 5.41) is 0.467. The number of rotatable bonds is 4. The molecule has 2 unspecified atom stereocenters. The average Bonchev–Trinajstić information content (AvgIpc) is 1.59. The van der Waals surface area contributed by atoms with Crippen LogP contribution in [0.2, 0.25) is 0 Å². The van der Waals surface area contributed by atoms with Gasteiger partial charge in [-0.15, -0.1) is 0 Å². The molecule has 0 aliphatic heterocycles. The van der Waals surface area contributed by atoms with Gasteiger partial charge in [0.05, 0.1) is 0 Å². The van der Waals surface area contributed by atoms with E-state index in [1.54, 1.807) is 0 Å². The Balaban J connectivity index is 3.63. The highest BCUT2D eigenvalue weighted by Crippen LogP contribution is 2.27. The van der Waals surface area contributed by atoms with Crippen molar-refractivity contribution in [3.05, 3.63) is 0 Å². The van der Waals surface area contributed by atoms with Crippen LogP contribution in [0.3, 0.4) is 0 Å². The van der Waals surface area contributed by atoms with Gasteiger partial charge in [0.25, 0.3) is 0 Å². The van der Waals surface area contributed by atoms with E-state index in [0.717, 1.165) is 6.42 Å². The van der Waals surface area contributed by atoms with Crippen LogP contribution >= 0.6 is 25.3 Å². The Morgan fingerprint density at radius 1 is 1.50 bits per heavy atom. The molecule has 0 N–H and O–H groups in total. The first kappa shape index (κ1) is 10.7. The molecule has 0 spiro atoms. The zero-order valence-electron chi connectivity index (χ0n) is 7.09. The lowest BCUT2D eigenvalue weighted by atomic mass is 9.99. The third-order valence-corrected chi connectivity index (χ3v) is 2.11. The molecule has 10 heavy (non-hydrogen) atoms. The molecule has 2 heteroatoms. The monoisotopic (exact) mass is 178 g/mol. The summed E-state index contributed by atoms with van der Waals surface area (Å²) in [6, 6.07) is 0. The molecule has 0 saturated carbocycles. The maximum absolute atomic E-state index is 4.56. The molecule has 0 heterocycles. The molecule has 0 aromatic rings. The van der Waals surface area contributed by atoms with Crippen LogP contribution in [0.25, 0.3) is 0 Å². The number of thiol groups is 2. The fraction of sp³-hybridized carbons (Fsp3) is 1.00. The zero-order chi connectivity index (χ0) is 8.20. The van der Waals surface area contributed by atoms with Crippen molar-refractivity contribution in [2.24, 2.45) is 0 Å². The van der Waals surface area contributed by atoms with E-state index in [4.69, 9.17) is 0 Å². The van der Waals surface area contributed by atoms with E-state index in [9.17, 15) is 0 Å². The second kappa shape index (κ2) is 4.55. The van der Waals surface area contributed by atoms with Gasteiger partial charge in [-0.1, -0.05) is 27.2 Å². The maximum Gasteiger partial charge on any atom is 0.0112 e. The molecule has 0 radical (unpaired) electrons. The number of hydrogen-bond acceptors (Lipinski definition) is 2. The van der Waals surface area contributed by atoms with Gasteiger partial charge in [-0.05, 0) is 12.8 Å². The normalized spacial score (nSPS) is 20.1. The Morgan fingerprint density at radius 3 is 2.30 bits per heavy atom. The molecule has 0 amide bonds. The van der Waals surface area contributed by atoms with Crippen molar-refractivity contribution in [2.75, 3.05) is 0 Å². The van der Waals surface area contributed by atoms with E-state index < -0.39 is 0 Å². The van der Waals surface area contributed by atoms with Crippen LogP contribution in [0.4, 0.5) is 0 Å². The Kier molecular flexibility index (Phi) is 4.87. The molecule has 2 atom stereocenters. The second-order valence-electron chi connectivity index (χ2n) is 3.30. The lowest BCUT2D eigenvalue weighted by molar-refractivity contribution is 0.539. The number of hydrogen-bond donors (Lipinski definition) is 2. The topological polar surface area (TPSA) is 0 Å². The van der Waals surface area contributed by atoms with Crippen LogP contribution in [-0.2, 0) is 0 Å². The van der Waals surface area contributed by atoms with Crippen molar-refractivity contribution < 1.29 is 0 Å². The minimum Gasteiger partial charge on any atom is -0.176 e. The van der Waals surface area contributed by atoms with Crippen LogP contribution in [-0.4, -0.2) is 10.00 Å². The van der Waals surface area contributed by atoms with E-state index in [0.29, 0.717) is 5.25 Å². The highest BCUT2D eigenvalue weighted by molar-refractivity contribution is 7.82. The molecule has 0 nitrogen and oxygen atoms in total. The Morgan fingerprint density at radius 2 is 2.00 bits per heavy atom. The van der Waals surface area contributed by atoms with Crippen molar-refractivity contribution in [2.45, 2.75) is 50.0 Å². The smallest absolute Gasteiger partial charge is 0.0112 e. The van der Waals surface area contributed by atoms with Crippen LogP contribution in [0.1, 0.15) is 40.0 Å². The van der Waals surface area contributed by atoms with Gasteiger partial charge in [0.1, 0.15) is 0 Å². The third-order valence-electron chi connectivity index (χ3n) is 1.52. The van der Waals surface area contributed by atoms with Crippen LogP contribution < -0.4 is 0 Å². The largest absolute Gasteiger partial charge is 0.176 e. The van der Waals surface area contributed by atoms with Crippen LogP contribution in [0, 0.1) is 0 Å². The van der Waals surface area contributed by atoms with Gasteiger partial charge in [-0.3, -0.25) is 0 Å². The quantitative estimate of drug-likeness (QED) is 0.607. The molecule has 0 fully saturated rings. The van der Waals surface area contributed by atoms with Crippen molar-refractivity contribution in [1.82, 2.24) is 0 Å². The first-order chi connectivity index (χ1) is 4.48. The van der Waals surface area contributed by atoms with Crippen molar-refractivity contribution in [1.29, 1.82) is 0 Å². The highest BCUT2D eigenvalue weighted by atomic mass is 32.1. The highest BCUT2D eigenvalue weighted by Gasteiger charge is 2.18. The average molecular weight is 178 g/mol. The van der Waals surface area contributed by atoms with Gasteiger partial charge in [-0.25, -0.2) is 0 Å².